The molecule has 1 aromatic carbocycles. The smallest absolute Gasteiger partial charge is 0.253 e. The van der Waals surface area contributed by atoms with Gasteiger partial charge in [-0.25, -0.2) is 27.4 Å². The van der Waals surface area contributed by atoms with Crippen LogP contribution in [0.3, 0.4) is 0 Å². The fraction of sp³-hybridized carbons (Fsp3) is 0.389. The van der Waals surface area contributed by atoms with Gasteiger partial charge in [0.2, 0.25) is 10.0 Å². The molecule has 0 atom stereocenters. The maximum atomic E-state index is 12.8. The number of benzene rings is 1. The predicted octanol–water partition coefficient (Wildman–Crippen LogP) is -0.0290. The van der Waals surface area contributed by atoms with Crippen molar-refractivity contribution >= 4 is 32.9 Å². The van der Waals surface area contributed by atoms with Crippen molar-refractivity contribution in [2.75, 3.05) is 45.2 Å². The van der Waals surface area contributed by atoms with Gasteiger partial charge in [0.25, 0.3) is 5.91 Å². The monoisotopic (exact) mass is 430 g/mol. The summed E-state index contributed by atoms with van der Waals surface area (Å²) in [5, 5.41) is 8.15. The van der Waals surface area contributed by atoms with Crippen molar-refractivity contribution < 1.29 is 13.2 Å². The van der Waals surface area contributed by atoms with Crippen LogP contribution in [0.4, 0.5) is 5.82 Å². The van der Waals surface area contributed by atoms with Crippen molar-refractivity contribution in [3.05, 3.63) is 36.2 Å². The summed E-state index contributed by atoms with van der Waals surface area (Å²) in [6, 6.07) is 6.03. The normalized spacial score (nSPS) is 15.2. The zero-order chi connectivity index (χ0) is 21.5. The van der Waals surface area contributed by atoms with E-state index in [0.717, 1.165) is 4.31 Å². The average Bonchev–Trinajstić information content (AvgIpc) is 3.14. The zero-order valence-electron chi connectivity index (χ0n) is 16.9. The van der Waals surface area contributed by atoms with Crippen LogP contribution in [0.1, 0.15) is 10.4 Å². The summed E-state index contributed by atoms with van der Waals surface area (Å²) in [4.78, 5) is 25.4. The van der Waals surface area contributed by atoms with E-state index in [9.17, 15) is 13.2 Å². The second kappa shape index (κ2) is 7.61. The van der Waals surface area contributed by atoms with Crippen LogP contribution >= 0.6 is 0 Å². The Hall–Kier alpha value is -3.12. The molecule has 0 N–H and O–H groups in total. The topological polar surface area (TPSA) is 117 Å². The Morgan fingerprint density at radius 1 is 1.03 bits per heavy atom. The highest BCUT2D eigenvalue weighted by molar-refractivity contribution is 7.89. The highest BCUT2D eigenvalue weighted by atomic mass is 32.2. The van der Waals surface area contributed by atoms with E-state index in [4.69, 9.17) is 0 Å². The molecule has 1 saturated heterocycles. The van der Waals surface area contributed by atoms with Gasteiger partial charge in [0.1, 0.15) is 6.33 Å². The number of aromatic nitrogens is 5. The average molecular weight is 430 g/mol. The summed E-state index contributed by atoms with van der Waals surface area (Å²) in [6.45, 7) is 2.23. The molecule has 12 heteroatoms. The summed E-state index contributed by atoms with van der Waals surface area (Å²) in [6.07, 6.45) is 1.49. The molecule has 0 aliphatic carbocycles. The number of fused-ring (bicyclic) bond motifs is 1. The standard InChI is InChI=1S/C18H22N8O3S/c1-23(2)30(28,29)14-6-4-13(5-7-14)18(27)26-10-8-25(9-11-26)17-15-16(19-12-20-17)24(3)22-21-15/h4-7,12H,8-11H2,1-3H3. The first kappa shape index (κ1) is 20.2. The summed E-state index contributed by atoms with van der Waals surface area (Å²) in [5.41, 5.74) is 1.75. The Kier molecular flexibility index (Phi) is 5.12. The van der Waals surface area contributed by atoms with Gasteiger partial charge in [-0.3, -0.25) is 4.79 Å². The van der Waals surface area contributed by atoms with E-state index in [0.29, 0.717) is 48.7 Å². The number of carbonyl (C=O) groups is 1. The van der Waals surface area contributed by atoms with Gasteiger partial charge in [-0.1, -0.05) is 5.21 Å². The lowest BCUT2D eigenvalue weighted by molar-refractivity contribution is 0.0746. The minimum Gasteiger partial charge on any atom is -0.351 e. The van der Waals surface area contributed by atoms with Crippen LogP contribution in [0.15, 0.2) is 35.5 Å². The van der Waals surface area contributed by atoms with Gasteiger partial charge in [-0.2, -0.15) is 0 Å². The Labute approximate surface area is 174 Å². The van der Waals surface area contributed by atoms with Crippen molar-refractivity contribution in [2.24, 2.45) is 7.05 Å². The molecule has 158 valence electrons. The van der Waals surface area contributed by atoms with Gasteiger partial charge < -0.3 is 9.80 Å². The molecule has 0 unspecified atom stereocenters. The maximum Gasteiger partial charge on any atom is 0.253 e. The molecule has 4 rings (SSSR count). The Bertz CT molecular complexity index is 1180. The van der Waals surface area contributed by atoms with Gasteiger partial charge in [-0.15, -0.1) is 5.10 Å². The SMILES string of the molecule is CN(C)S(=O)(=O)c1ccc(C(=O)N2CCN(c3ncnc4c3nnn4C)CC2)cc1. The number of amides is 1. The molecule has 2 aromatic heterocycles. The van der Waals surface area contributed by atoms with Crippen LogP contribution in [0.2, 0.25) is 0 Å². The number of hydrogen-bond donors (Lipinski definition) is 0. The van der Waals surface area contributed by atoms with Gasteiger partial charge >= 0.3 is 0 Å². The second-order valence-electron chi connectivity index (χ2n) is 7.17. The second-order valence-corrected chi connectivity index (χ2v) is 9.33. The zero-order valence-corrected chi connectivity index (χ0v) is 17.7. The molecule has 0 bridgehead atoms. The first-order valence-corrected chi connectivity index (χ1v) is 10.8. The van der Waals surface area contributed by atoms with Crippen molar-refractivity contribution in [3.8, 4) is 0 Å². The van der Waals surface area contributed by atoms with Gasteiger partial charge in [-0.05, 0) is 24.3 Å². The van der Waals surface area contributed by atoms with Crippen molar-refractivity contribution in [1.29, 1.82) is 0 Å². The number of piperazine rings is 1. The van der Waals surface area contributed by atoms with E-state index < -0.39 is 10.0 Å². The highest BCUT2D eigenvalue weighted by Gasteiger charge is 2.25. The Balaban J connectivity index is 1.46. The number of carbonyl (C=O) groups excluding carboxylic acids is 1. The molecule has 30 heavy (non-hydrogen) atoms. The van der Waals surface area contributed by atoms with E-state index in [2.05, 4.69) is 25.2 Å². The molecule has 0 radical (unpaired) electrons. The van der Waals surface area contributed by atoms with Crippen LogP contribution in [0, 0.1) is 0 Å². The third kappa shape index (κ3) is 3.48. The molecular formula is C18H22N8O3S. The third-order valence-electron chi connectivity index (χ3n) is 5.12. The number of rotatable bonds is 4. The van der Waals surface area contributed by atoms with Crippen LogP contribution in [-0.4, -0.2) is 88.8 Å². The number of sulfonamides is 1. The number of nitrogens with zero attached hydrogens (tertiary/aromatic N) is 8. The number of hydrogen-bond acceptors (Lipinski definition) is 8. The van der Waals surface area contributed by atoms with Crippen molar-refractivity contribution in [1.82, 2.24) is 34.2 Å². The lowest BCUT2D eigenvalue weighted by atomic mass is 10.2. The summed E-state index contributed by atoms with van der Waals surface area (Å²) < 4.78 is 27.1. The largest absolute Gasteiger partial charge is 0.351 e. The summed E-state index contributed by atoms with van der Waals surface area (Å²) in [5.74, 6) is 0.578. The van der Waals surface area contributed by atoms with E-state index in [1.165, 1.54) is 32.6 Å². The van der Waals surface area contributed by atoms with E-state index >= 15 is 0 Å². The molecular weight excluding hydrogens is 408 g/mol. The first-order chi connectivity index (χ1) is 14.3. The fourth-order valence-corrected chi connectivity index (χ4v) is 4.26. The Morgan fingerprint density at radius 2 is 1.70 bits per heavy atom. The Morgan fingerprint density at radius 3 is 2.33 bits per heavy atom. The molecule has 1 amide bonds. The molecule has 0 saturated carbocycles. The molecule has 3 heterocycles. The third-order valence-corrected chi connectivity index (χ3v) is 6.94. The van der Waals surface area contributed by atoms with Crippen LogP contribution < -0.4 is 4.90 Å². The number of aryl methyl sites for hydroxylation is 1. The van der Waals surface area contributed by atoms with E-state index in [1.54, 1.807) is 28.8 Å². The number of anilines is 1. The summed E-state index contributed by atoms with van der Waals surface area (Å²) >= 11 is 0. The van der Waals surface area contributed by atoms with Crippen LogP contribution in [0.25, 0.3) is 11.2 Å². The minimum atomic E-state index is -3.52. The molecule has 0 spiro atoms. The molecule has 3 aromatic rings. The lowest BCUT2D eigenvalue weighted by Gasteiger charge is -2.35. The van der Waals surface area contributed by atoms with E-state index in [1.807, 2.05) is 0 Å². The van der Waals surface area contributed by atoms with Crippen LogP contribution in [-0.2, 0) is 17.1 Å². The first-order valence-electron chi connectivity index (χ1n) is 9.36. The van der Waals surface area contributed by atoms with Crippen molar-refractivity contribution in [2.45, 2.75) is 4.90 Å². The van der Waals surface area contributed by atoms with Crippen molar-refractivity contribution in [3.63, 3.8) is 0 Å². The maximum absolute atomic E-state index is 12.8. The predicted molar refractivity (Wildman–Crippen MR) is 110 cm³/mol. The molecule has 11 nitrogen and oxygen atoms in total. The highest BCUT2D eigenvalue weighted by Crippen LogP contribution is 2.22. The molecule has 1 aliphatic rings. The fourth-order valence-electron chi connectivity index (χ4n) is 3.36. The minimum absolute atomic E-state index is 0.129. The summed E-state index contributed by atoms with van der Waals surface area (Å²) in [7, 11) is 1.20. The van der Waals surface area contributed by atoms with Gasteiger partial charge in [0.15, 0.2) is 17.0 Å². The van der Waals surface area contributed by atoms with Crippen LogP contribution in [0.5, 0.6) is 0 Å². The quantitative estimate of drug-likeness (QED) is 0.566. The van der Waals surface area contributed by atoms with E-state index in [-0.39, 0.29) is 10.8 Å². The lowest BCUT2D eigenvalue weighted by Crippen LogP contribution is -2.49. The van der Waals surface area contributed by atoms with Gasteiger partial charge in [0.05, 0.1) is 4.90 Å². The molecule has 1 aliphatic heterocycles. The van der Waals surface area contributed by atoms with Gasteiger partial charge in [0, 0.05) is 52.9 Å². The molecule has 1 fully saturated rings.